The van der Waals surface area contributed by atoms with Gasteiger partial charge < -0.3 is 10.4 Å². The molecule has 2 N–H and O–H groups in total. The van der Waals surface area contributed by atoms with E-state index in [1.54, 1.807) is 6.92 Å². The molecule has 0 bridgehead atoms. The van der Waals surface area contributed by atoms with Gasteiger partial charge in [0.1, 0.15) is 5.82 Å². The Morgan fingerprint density at radius 1 is 1.09 bits per heavy atom. The maximum absolute atomic E-state index is 13.1. The van der Waals surface area contributed by atoms with Crippen molar-refractivity contribution in [3.63, 3.8) is 0 Å². The molecule has 23 heavy (non-hydrogen) atoms. The van der Waals surface area contributed by atoms with Crippen molar-refractivity contribution in [2.45, 2.75) is 25.5 Å². The number of aliphatic hydroxyl groups excluding tert-OH is 1. The summed E-state index contributed by atoms with van der Waals surface area (Å²) in [6.07, 6.45) is -1.15. The molecular weight excluding hydrogens is 307 g/mol. The predicted molar refractivity (Wildman–Crippen MR) is 79.0 cm³/mol. The number of hydrogen-bond acceptors (Lipinski definition) is 2. The van der Waals surface area contributed by atoms with Gasteiger partial charge in [-0.3, -0.25) is 4.79 Å². The summed E-state index contributed by atoms with van der Waals surface area (Å²) < 4.78 is 38.8. The van der Waals surface area contributed by atoms with Crippen LogP contribution in [0.25, 0.3) is 0 Å². The molecule has 0 fully saturated rings. The van der Waals surface area contributed by atoms with Gasteiger partial charge in [0.05, 0.1) is 18.6 Å². The van der Waals surface area contributed by atoms with Crippen molar-refractivity contribution in [1.29, 1.82) is 0 Å². The lowest BCUT2D eigenvalue weighted by molar-refractivity contribution is -0.121. The van der Waals surface area contributed by atoms with Crippen molar-refractivity contribution in [2.75, 3.05) is 0 Å². The van der Waals surface area contributed by atoms with Crippen LogP contribution >= 0.6 is 0 Å². The van der Waals surface area contributed by atoms with Gasteiger partial charge in [-0.1, -0.05) is 18.2 Å². The van der Waals surface area contributed by atoms with Crippen LogP contribution in [0.15, 0.2) is 42.5 Å². The molecule has 2 rings (SSSR count). The van der Waals surface area contributed by atoms with Gasteiger partial charge in [0.15, 0.2) is 11.6 Å². The molecule has 0 saturated carbocycles. The second-order valence-electron chi connectivity index (χ2n) is 5.28. The number of halogens is 3. The molecule has 0 aliphatic rings. The van der Waals surface area contributed by atoms with Crippen molar-refractivity contribution < 1.29 is 23.1 Å². The molecule has 3 nitrogen and oxygen atoms in total. The van der Waals surface area contributed by atoms with Crippen molar-refractivity contribution in [1.82, 2.24) is 5.32 Å². The van der Waals surface area contributed by atoms with E-state index in [-0.39, 0.29) is 6.42 Å². The summed E-state index contributed by atoms with van der Waals surface area (Å²) >= 11 is 0. The monoisotopic (exact) mass is 323 g/mol. The minimum atomic E-state index is -1.02. The first-order chi connectivity index (χ1) is 10.9. The van der Waals surface area contributed by atoms with E-state index in [4.69, 9.17) is 0 Å². The van der Waals surface area contributed by atoms with Gasteiger partial charge in [-0.05, 0) is 42.3 Å². The fourth-order valence-corrected chi connectivity index (χ4v) is 2.17. The number of nitrogens with one attached hydrogen (secondary N) is 1. The molecule has 0 saturated heterocycles. The lowest BCUT2D eigenvalue weighted by Gasteiger charge is -2.20. The topological polar surface area (TPSA) is 49.3 Å². The van der Waals surface area contributed by atoms with E-state index >= 15 is 0 Å². The van der Waals surface area contributed by atoms with E-state index in [2.05, 4.69) is 5.32 Å². The van der Waals surface area contributed by atoms with E-state index in [0.29, 0.717) is 11.1 Å². The number of carbonyl (C=O) groups is 1. The van der Waals surface area contributed by atoms with Gasteiger partial charge in [0.25, 0.3) is 0 Å². The summed E-state index contributed by atoms with van der Waals surface area (Å²) in [4.78, 5) is 11.9. The lowest BCUT2D eigenvalue weighted by atomic mass is 10.0. The Kier molecular flexibility index (Phi) is 5.39. The highest BCUT2D eigenvalue weighted by Gasteiger charge is 2.18. The minimum absolute atomic E-state index is 0.141. The molecule has 122 valence electrons. The Bertz CT molecular complexity index is 689. The molecule has 0 heterocycles. The summed E-state index contributed by atoms with van der Waals surface area (Å²) in [7, 11) is 0. The van der Waals surface area contributed by atoms with E-state index in [0.717, 1.165) is 12.1 Å². The number of carbonyl (C=O) groups excluding carboxylic acids is 1. The highest BCUT2D eigenvalue weighted by Crippen LogP contribution is 2.17. The summed E-state index contributed by atoms with van der Waals surface area (Å²) in [5.74, 6) is -2.86. The third-order valence-corrected chi connectivity index (χ3v) is 3.42. The van der Waals surface area contributed by atoms with E-state index in [1.165, 1.54) is 30.3 Å². The number of rotatable bonds is 5. The number of aliphatic hydroxyl groups is 1. The first-order valence-electron chi connectivity index (χ1n) is 7.03. The third kappa shape index (κ3) is 4.56. The summed E-state index contributed by atoms with van der Waals surface area (Å²) in [6, 6.07) is 7.89. The number of benzene rings is 2. The molecule has 0 spiro atoms. The van der Waals surface area contributed by atoms with E-state index in [1.807, 2.05) is 0 Å². The zero-order chi connectivity index (χ0) is 17.0. The van der Waals surface area contributed by atoms with Crippen LogP contribution < -0.4 is 5.32 Å². The maximum Gasteiger partial charge on any atom is 0.224 e. The lowest BCUT2D eigenvalue weighted by Crippen LogP contribution is -2.38. The fraction of sp³-hybridized carbons (Fsp3) is 0.235. The highest BCUT2D eigenvalue weighted by atomic mass is 19.2. The number of amides is 1. The molecule has 2 aromatic rings. The highest BCUT2D eigenvalue weighted by molar-refractivity contribution is 5.78. The van der Waals surface area contributed by atoms with Gasteiger partial charge in [-0.25, -0.2) is 13.2 Å². The minimum Gasteiger partial charge on any atom is -0.386 e. The zero-order valence-electron chi connectivity index (χ0n) is 12.4. The summed E-state index contributed by atoms with van der Waals surface area (Å²) in [5, 5.41) is 12.7. The summed E-state index contributed by atoms with van der Waals surface area (Å²) in [5.41, 5.74) is 0.789. The van der Waals surface area contributed by atoms with Crippen LogP contribution in [0.4, 0.5) is 13.2 Å². The van der Waals surface area contributed by atoms with Crippen LogP contribution in [-0.2, 0) is 11.2 Å². The number of hydrogen-bond donors (Lipinski definition) is 2. The fourth-order valence-electron chi connectivity index (χ4n) is 2.17. The second kappa shape index (κ2) is 7.28. The molecule has 2 aromatic carbocycles. The van der Waals surface area contributed by atoms with Gasteiger partial charge >= 0.3 is 0 Å². The quantitative estimate of drug-likeness (QED) is 0.889. The largest absolute Gasteiger partial charge is 0.386 e. The molecule has 2 unspecified atom stereocenters. The average molecular weight is 323 g/mol. The van der Waals surface area contributed by atoms with Crippen LogP contribution in [0.1, 0.15) is 24.2 Å². The third-order valence-electron chi connectivity index (χ3n) is 3.42. The van der Waals surface area contributed by atoms with Gasteiger partial charge in [-0.15, -0.1) is 0 Å². The van der Waals surface area contributed by atoms with Crippen LogP contribution in [0.2, 0.25) is 0 Å². The van der Waals surface area contributed by atoms with Crippen LogP contribution in [-0.4, -0.2) is 17.1 Å². The van der Waals surface area contributed by atoms with Gasteiger partial charge in [-0.2, -0.15) is 0 Å². The Morgan fingerprint density at radius 2 is 1.74 bits per heavy atom. The maximum atomic E-state index is 13.1. The molecule has 0 aliphatic heterocycles. The van der Waals surface area contributed by atoms with E-state index in [9.17, 15) is 23.1 Å². The van der Waals surface area contributed by atoms with Crippen molar-refractivity contribution in [2.24, 2.45) is 0 Å². The SMILES string of the molecule is CC(NC(=O)Cc1ccc(F)c(F)c1)C(O)c1ccc(F)cc1. The Morgan fingerprint density at radius 3 is 2.35 bits per heavy atom. The molecule has 2 atom stereocenters. The normalized spacial score (nSPS) is 13.4. The van der Waals surface area contributed by atoms with Crippen LogP contribution in [0.3, 0.4) is 0 Å². The van der Waals surface area contributed by atoms with Gasteiger partial charge in [0, 0.05) is 0 Å². The average Bonchev–Trinajstić information content (AvgIpc) is 2.51. The Balaban J connectivity index is 1.95. The Labute approximate surface area is 131 Å². The Hall–Kier alpha value is -2.34. The predicted octanol–water partition coefficient (Wildman–Crippen LogP) is 2.88. The smallest absolute Gasteiger partial charge is 0.224 e. The van der Waals surface area contributed by atoms with Crippen LogP contribution in [0, 0.1) is 17.5 Å². The van der Waals surface area contributed by atoms with Crippen LogP contribution in [0.5, 0.6) is 0 Å². The molecule has 6 heteroatoms. The zero-order valence-corrected chi connectivity index (χ0v) is 12.4. The molecular formula is C17H16F3NO2. The first kappa shape index (κ1) is 17.0. The molecule has 0 aliphatic carbocycles. The van der Waals surface area contributed by atoms with Gasteiger partial charge in [0.2, 0.25) is 5.91 Å². The second-order valence-corrected chi connectivity index (χ2v) is 5.28. The van der Waals surface area contributed by atoms with Crippen molar-refractivity contribution in [3.05, 3.63) is 71.0 Å². The van der Waals surface area contributed by atoms with Crippen molar-refractivity contribution >= 4 is 5.91 Å². The summed E-state index contributed by atoms with van der Waals surface area (Å²) in [6.45, 7) is 1.59. The molecule has 0 aromatic heterocycles. The molecule has 1 amide bonds. The first-order valence-corrected chi connectivity index (χ1v) is 7.03. The van der Waals surface area contributed by atoms with E-state index < -0.39 is 35.5 Å². The van der Waals surface area contributed by atoms with Crippen molar-refractivity contribution in [3.8, 4) is 0 Å². The standard InChI is InChI=1S/C17H16F3NO2/c1-10(17(23)12-3-5-13(18)6-4-12)21-16(22)9-11-2-7-14(19)15(20)8-11/h2-8,10,17,23H,9H2,1H3,(H,21,22). The molecule has 0 radical (unpaired) electrons.